The van der Waals surface area contributed by atoms with Crippen molar-refractivity contribution < 1.29 is 14.2 Å². The van der Waals surface area contributed by atoms with Gasteiger partial charge in [0.1, 0.15) is 5.75 Å². The minimum atomic E-state index is 0.571. The Morgan fingerprint density at radius 2 is 1.67 bits per heavy atom. The zero-order valence-corrected chi connectivity index (χ0v) is 12.5. The molecule has 0 aliphatic heterocycles. The van der Waals surface area contributed by atoms with Crippen molar-refractivity contribution in [3.8, 4) is 17.2 Å². The van der Waals surface area contributed by atoms with Gasteiger partial charge in [-0.25, -0.2) is 0 Å². The van der Waals surface area contributed by atoms with E-state index in [1.165, 1.54) is 0 Å². The molecule has 0 aromatic heterocycles. The first-order valence-corrected chi connectivity index (χ1v) is 6.95. The van der Waals surface area contributed by atoms with Crippen LogP contribution in [0.25, 0.3) is 0 Å². The van der Waals surface area contributed by atoms with Crippen LogP contribution in [0.1, 0.15) is 12.0 Å². The van der Waals surface area contributed by atoms with E-state index in [0.29, 0.717) is 13.2 Å². The maximum Gasteiger partial charge on any atom is 0.161 e. The van der Waals surface area contributed by atoms with Crippen LogP contribution < -0.4 is 19.9 Å². The van der Waals surface area contributed by atoms with Gasteiger partial charge in [0.05, 0.1) is 20.3 Å². The minimum absolute atomic E-state index is 0.571. The number of rotatable bonds is 7. The lowest BCUT2D eigenvalue weighted by Crippen LogP contribution is -2.06. The molecule has 0 aliphatic carbocycles. The largest absolute Gasteiger partial charge is 0.493 e. The number of nitrogens with two attached hydrogens (primary N) is 1. The summed E-state index contributed by atoms with van der Waals surface area (Å²) in [7, 11) is 1.63. The highest BCUT2D eigenvalue weighted by atomic mass is 16.5. The van der Waals surface area contributed by atoms with E-state index in [1.807, 2.05) is 49.4 Å². The Kier molecular flexibility index (Phi) is 5.32. The van der Waals surface area contributed by atoms with Gasteiger partial charge in [0.2, 0.25) is 0 Å². The van der Waals surface area contributed by atoms with E-state index >= 15 is 0 Å². The van der Waals surface area contributed by atoms with Gasteiger partial charge in [-0.2, -0.15) is 0 Å². The van der Waals surface area contributed by atoms with Crippen molar-refractivity contribution in [2.24, 2.45) is 0 Å². The lowest BCUT2D eigenvalue weighted by atomic mass is 10.2. The molecular formula is C17H21NO3. The van der Waals surface area contributed by atoms with E-state index in [4.69, 9.17) is 19.9 Å². The summed E-state index contributed by atoms with van der Waals surface area (Å²) < 4.78 is 16.6. The predicted molar refractivity (Wildman–Crippen MR) is 84.2 cm³/mol. The Morgan fingerprint density at radius 3 is 2.38 bits per heavy atom. The van der Waals surface area contributed by atoms with Crippen molar-refractivity contribution in [2.45, 2.75) is 13.3 Å². The molecular weight excluding hydrogens is 266 g/mol. The van der Waals surface area contributed by atoms with Gasteiger partial charge < -0.3 is 19.9 Å². The summed E-state index contributed by atoms with van der Waals surface area (Å²) in [4.78, 5) is 0. The van der Waals surface area contributed by atoms with Gasteiger partial charge in [0.15, 0.2) is 11.5 Å². The van der Waals surface area contributed by atoms with Crippen LogP contribution in [0.15, 0.2) is 42.5 Å². The topological polar surface area (TPSA) is 53.7 Å². The summed E-state index contributed by atoms with van der Waals surface area (Å²) in [6, 6.07) is 13.3. The Labute approximate surface area is 125 Å². The molecule has 2 aromatic rings. The highest BCUT2D eigenvalue weighted by Crippen LogP contribution is 2.25. The molecule has 21 heavy (non-hydrogen) atoms. The van der Waals surface area contributed by atoms with Gasteiger partial charge in [-0.3, -0.25) is 0 Å². The van der Waals surface area contributed by atoms with Crippen molar-refractivity contribution >= 4 is 5.69 Å². The molecule has 112 valence electrons. The fourth-order valence-corrected chi connectivity index (χ4v) is 1.88. The van der Waals surface area contributed by atoms with Crippen molar-refractivity contribution in [3.63, 3.8) is 0 Å². The standard InChI is InChI=1S/C17H21NO3/c1-13-8-9-14(12-15(13)18)20-10-5-11-21-17-7-4-3-6-16(17)19-2/h3-4,6-9,12H,5,10-11,18H2,1-2H3. The lowest BCUT2D eigenvalue weighted by molar-refractivity contribution is 0.240. The molecule has 0 fully saturated rings. The van der Waals surface area contributed by atoms with E-state index in [9.17, 15) is 0 Å². The summed E-state index contributed by atoms with van der Waals surface area (Å²) >= 11 is 0. The molecule has 0 atom stereocenters. The highest BCUT2D eigenvalue weighted by molar-refractivity contribution is 5.50. The molecule has 0 radical (unpaired) electrons. The van der Waals surface area contributed by atoms with Crippen LogP contribution >= 0.6 is 0 Å². The average Bonchev–Trinajstić information content (AvgIpc) is 2.51. The van der Waals surface area contributed by atoms with E-state index in [0.717, 1.165) is 34.9 Å². The molecule has 0 heterocycles. The first-order valence-electron chi connectivity index (χ1n) is 6.95. The summed E-state index contributed by atoms with van der Waals surface area (Å²) in [5, 5.41) is 0. The Hall–Kier alpha value is -2.36. The van der Waals surface area contributed by atoms with Gasteiger partial charge in [0, 0.05) is 18.2 Å². The SMILES string of the molecule is COc1ccccc1OCCCOc1ccc(C)c(N)c1. The third-order valence-electron chi connectivity index (χ3n) is 3.13. The molecule has 0 saturated heterocycles. The number of hydrogen-bond acceptors (Lipinski definition) is 4. The average molecular weight is 287 g/mol. The van der Waals surface area contributed by atoms with Crippen molar-refractivity contribution in [1.29, 1.82) is 0 Å². The van der Waals surface area contributed by atoms with Crippen LogP contribution in [0.4, 0.5) is 5.69 Å². The smallest absolute Gasteiger partial charge is 0.161 e. The second-order valence-electron chi connectivity index (χ2n) is 4.72. The number of hydrogen-bond donors (Lipinski definition) is 1. The Balaban J connectivity index is 1.73. The molecule has 0 amide bonds. The van der Waals surface area contributed by atoms with Gasteiger partial charge in [-0.15, -0.1) is 0 Å². The molecule has 4 heteroatoms. The zero-order valence-electron chi connectivity index (χ0n) is 12.5. The van der Waals surface area contributed by atoms with Crippen LogP contribution in [0.2, 0.25) is 0 Å². The maximum absolute atomic E-state index is 5.84. The first kappa shape index (κ1) is 15.0. The van der Waals surface area contributed by atoms with Crippen LogP contribution in [-0.4, -0.2) is 20.3 Å². The predicted octanol–water partition coefficient (Wildman–Crippen LogP) is 3.43. The molecule has 2 rings (SSSR count). The summed E-state index contributed by atoms with van der Waals surface area (Å²) in [5.74, 6) is 2.28. The van der Waals surface area contributed by atoms with Crippen molar-refractivity contribution in [2.75, 3.05) is 26.1 Å². The van der Waals surface area contributed by atoms with Gasteiger partial charge in [-0.05, 0) is 30.7 Å². The molecule has 4 nitrogen and oxygen atoms in total. The van der Waals surface area contributed by atoms with Gasteiger partial charge >= 0.3 is 0 Å². The number of anilines is 1. The number of nitrogen functional groups attached to an aromatic ring is 1. The van der Waals surface area contributed by atoms with Crippen LogP contribution in [0, 0.1) is 6.92 Å². The second-order valence-corrected chi connectivity index (χ2v) is 4.72. The van der Waals surface area contributed by atoms with E-state index in [1.54, 1.807) is 7.11 Å². The van der Waals surface area contributed by atoms with Crippen LogP contribution in [0.5, 0.6) is 17.2 Å². The summed E-state index contributed by atoms with van der Waals surface area (Å²) in [5.41, 5.74) is 7.65. The monoisotopic (exact) mass is 287 g/mol. The molecule has 0 unspecified atom stereocenters. The zero-order chi connectivity index (χ0) is 15.1. The fourth-order valence-electron chi connectivity index (χ4n) is 1.88. The number of methoxy groups -OCH3 is 1. The number of para-hydroxylation sites is 2. The van der Waals surface area contributed by atoms with Gasteiger partial charge in [-0.1, -0.05) is 18.2 Å². The van der Waals surface area contributed by atoms with Crippen molar-refractivity contribution in [1.82, 2.24) is 0 Å². The Morgan fingerprint density at radius 1 is 0.952 bits per heavy atom. The lowest BCUT2D eigenvalue weighted by Gasteiger charge is -2.11. The molecule has 0 bridgehead atoms. The van der Waals surface area contributed by atoms with E-state index < -0.39 is 0 Å². The minimum Gasteiger partial charge on any atom is -0.493 e. The highest BCUT2D eigenvalue weighted by Gasteiger charge is 2.02. The molecule has 2 N–H and O–H groups in total. The van der Waals surface area contributed by atoms with Crippen LogP contribution in [0.3, 0.4) is 0 Å². The molecule has 2 aromatic carbocycles. The number of ether oxygens (including phenoxy) is 3. The first-order chi connectivity index (χ1) is 10.2. The number of aryl methyl sites for hydroxylation is 1. The summed E-state index contributed by atoms with van der Waals surface area (Å²) in [6.07, 6.45) is 0.784. The number of benzene rings is 2. The maximum atomic E-state index is 5.84. The van der Waals surface area contributed by atoms with Crippen molar-refractivity contribution in [3.05, 3.63) is 48.0 Å². The summed E-state index contributed by atoms with van der Waals surface area (Å²) in [6.45, 7) is 3.12. The second kappa shape index (κ2) is 7.43. The molecule has 0 spiro atoms. The third kappa shape index (κ3) is 4.31. The third-order valence-corrected chi connectivity index (χ3v) is 3.13. The van der Waals surface area contributed by atoms with Gasteiger partial charge in [0.25, 0.3) is 0 Å². The normalized spacial score (nSPS) is 10.2. The van der Waals surface area contributed by atoms with E-state index in [2.05, 4.69) is 0 Å². The van der Waals surface area contributed by atoms with E-state index in [-0.39, 0.29) is 0 Å². The Bertz CT molecular complexity index is 584. The van der Waals surface area contributed by atoms with Crippen LogP contribution in [-0.2, 0) is 0 Å². The fraction of sp³-hybridized carbons (Fsp3) is 0.294. The molecule has 0 aliphatic rings. The molecule has 0 saturated carbocycles. The quantitative estimate of drug-likeness (QED) is 0.626.